The van der Waals surface area contributed by atoms with Gasteiger partial charge >= 0.3 is 5.69 Å². The van der Waals surface area contributed by atoms with Crippen LogP contribution >= 0.6 is 0 Å². The molecule has 0 aliphatic carbocycles. The zero-order valence-electron chi connectivity index (χ0n) is 18.4. The largest absolute Gasteiger partial charge is 0.468 e. The number of nitrogens with zero attached hydrogens (tertiary/aromatic N) is 3. The molecule has 1 amide bonds. The van der Waals surface area contributed by atoms with Crippen molar-refractivity contribution in [1.82, 2.24) is 19.3 Å². The lowest BCUT2D eigenvalue weighted by molar-refractivity contribution is -0.116. The number of carbonyl (C=O) groups excluding carboxylic acids is 1. The highest BCUT2D eigenvalue weighted by atomic mass is 32.2. The van der Waals surface area contributed by atoms with Crippen molar-refractivity contribution in [3.8, 4) is 0 Å². The molecule has 11 nitrogen and oxygen atoms in total. The van der Waals surface area contributed by atoms with Crippen LogP contribution in [-0.4, -0.2) is 39.4 Å². The molecule has 12 heteroatoms. The number of hydrogen-bond acceptors (Lipinski definition) is 7. The van der Waals surface area contributed by atoms with Gasteiger partial charge in [-0.3, -0.25) is 23.8 Å². The fourth-order valence-corrected chi connectivity index (χ4v) is 4.97. The average molecular weight is 486 g/mol. The van der Waals surface area contributed by atoms with E-state index in [-0.39, 0.29) is 36.4 Å². The molecule has 4 aromatic rings. The number of aromatic amines is 1. The lowest BCUT2D eigenvalue weighted by Crippen LogP contribution is -2.42. The van der Waals surface area contributed by atoms with Gasteiger partial charge in [0.25, 0.3) is 5.56 Å². The lowest BCUT2D eigenvalue weighted by Gasteiger charge is -2.14. The smallest absolute Gasteiger partial charge is 0.331 e. The minimum atomic E-state index is -3.50. The molecule has 1 aromatic carbocycles. The molecule has 0 bridgehead atoms. The lowest BCUT2D eigenvalue weighted by atomic mass is 10.2. The molecule has 0 saturated carbocycles. The molecule has 0 fully saturated rings. The first-order valence-electron chi connectivity index (χ1n) is 10.5. The van der Waals surface area contributed by atoms with E-state index >= 15 is 0 Å². The Kier molecular flexibility index (Phi) is 6.50. The zero-order chi connectivity index (χ0) is 24.3. The molecule has 4 rings (SSSR count). The van der Waals surface area contributed by atoms with Gasteiger partial charge in [-0.1, -0.05) is 12.1 Å². The van der Waals surface area contributed by atoms with Crippen molar-refractivity contribution < 1.29 is 17.6 Å². The van der Waals surface area contributed by atoms with E-state index < -0.39 is 27.0 Å². The Balaban J connectivity index is 1.58. The van der Waals surface area contributed by atoms with Crippen LogP contribution in [0, 0.1) is 6.92 Å². The summed E-state index contributed by atoms with van der Waals surface area (Å²) in [5.41, 5.74) is -0.162. The summed E-state index contributed by atoms with van der Waals surface area (Å²) in [6.45, 7) is 1.33. The van der Waals surface area contributed by atoms with Crippen molar-refractivity contribution in [1.29, 1.82) is 0 Å². The molecule has 0 radical (unpaired) electrons. The van der Waals surface area contributed by atoms with Gasteiger partial charge in [0, 0.05) is 18.3 Å². The molecule has 34 heavy (non-hydrogen) atoms. The first-order chi connectivity index (χ1) is 16.2. The Hall–Kier alpha value is -3.93. The van der Waals surface area contributed by atoms with Gasteiger partial charge in [0.05, 0.1) is 22.9 Å². The summed E-state index contributed by atoms with van der Waals surface area (Å²) < 4.78 is 32.0. The summed E-state index contributed by atoms with van der Waals surface area (Å²) >= 11 is 0. The van der Waals surface area contributed by atoms with E-state index in [9.17, 15) is 22.8 Å². The highest BCUT2D eigenvalue weighted by molar-refractivity contribution is 7.90. The Morgan fingerprint density at radius 1 is 1.15 bits per heavy atom. The maximum Gasteiger partial charge on any atom is 0.331 e. The molecule has 3 heterocycles. The Labute approximate surface area is 193 Å². The standard InChI is InChI=1S/C22H23N5O6S/c1-15-12-19(25-24-15)23-20(28)13-27-18-8-3-2-7-17(18)21(29)26(22(27)30)9-5-11-34(31,32)14-16-6-4-10-33-16/h2-4,6-8,10,12H,5,9,11,13-14H2,1H3,(H2,23,24,25,28). The van der Waals surface area contributed by atoms with Gasteiger partial charge < -0.3 is 9.73 Å². The summed E-state index contributed by atoms with van der Waals surface area (Å²) in [5, 5.41) is 9.51. The molecular formula is C22H23N5O6S. The second kappa shape index (κ2) is 9.51. The van der Waals surface area contributed by atoms with Crippen molar-refractivity contribution in [2.45, 2.75) is 32.2 Å². The molecule has 3 aromatic heterocycles. The van der Waals surface area contributed by atoms with Gasteiger partial charge in [-0.15, -0.1) is 0 Å². The number of benzene rings is 1. The number of aromatic nitrogens is 4. The zero-order valence-corrected chi connectivity index (χ0v) is 19.2. The van der Waals surface area contributed by atoms with Crippen molar-refractivity contribution in [2.24, 2.45) is 0 Å². The summed E-state index contributed by atoms with van der Waals surface area (Å²) in [5.74, 6) is -0.349. The van der Waals surface area contributed by atoms with E-state index in [0.29, 0.717) is 17.1 Å². The van der Waals surface area contributed by atoms with E-state index in [1.807, 2.05) is 0 Å². The number of sulfone groups is 1. The van der Waals surface area contributed by atoms with E-state index in [2.05, 4.69) is 15.5 Å². The molecule has 0 aliphatic rings. The van der Waals surface area contributed by atoms with Crippen molar-refractivity contribution in [3.63, 3.8) is 0 Å². The van der Waals surface area contributed by atoms with Gasteiger partial charge in [-0.05, 0) is 37.6 Å². The number of fused-ring (bicyclic) bond motifs is 1. The first kappa shape index (κ1) is 23.2. The third kappa shape index (κ3) is 5.17. The van der Waals surface area contributed by atoms with Crippen LogP contribution in [0.1, 0.15) is 17.9 Å². The number of hydrogen-bond donors (Lipinski definition) is 2. The van der Waals surface area contributed by atoms with Gasteiger partial charge in [0.15, 0.2) is 15.7 Å². The molecule has 2 N–H and O–H groups in total. The number of aryl methyl sites for hydroxylation is 1. The normalized spacial score (nSPS) is 11.7. The molecule has 0 spiro atoms. The van der Waals surface area contributed by atoms with Crippen LogP contribution in [0.15, 0.2) is 62.7 Å². The predicted octanol–water partition coefficient (Wildman–Crippen LogP) is 1.43. The van der Waals surface area contributed by atoms with E-state index in [4.69, 9.17) is 4.42 Å². The number of para-hydroxylation sites is 1. The van der Waals surface area contributed by atoms with Crippen molar-refractivity contribution >= 4 is 32.5 Å². The highest BCUT2D eigenvalue weighted by Gasteiger charge is 2.18. The number of anilines is 1. The third-order valence-corrected chi connectivity index (χ3v) is 6.82. The molecule has 0 saturated heterocycles. The van der Waals surface area contributed by atoms with Crippen LogP contribution in [-0.2, 0) is 33.5 Å². The summed E-state index contributed by atoms with van der Waals surface area (Å²) in [7, 11) is -3.50. The third-order valence-electron chi connectivity index (χ3n) is 5.19. The second-order valence-electron chi connectivity index (χ2n) is 7.85. The molecule has 178 valence electrons. The number of furan rings is 1. The van der Waals surface area contributed by atoms with Gasteiger partial charge in [0.2, 0.25) is 5.91 Å². The Bertz CT molecular complexity index is 1550. The van der Waals surface area contributed by atoms with Crippen molar-refractivity contribution in [3.05, 3.63) is 81.0 Å². The quantitative estimate of drug-likeness (QED) is 0.364. The van der Waals surface area contributed by atoms with Crippen molar-refractivity contribution in [2.75, 3.05) is 11.1 Å². The Morgan fingerprint density at radius 3 is 2.65 bits per heavy atom. The van der Waals surface area contributed by atoms with Gasteiger partial charge in [-0.2, -0.15) is 5.10 Å². The molecule has 0 atom stereocenters. The predicted molar refractivity (Wildman–Crippen MR) is 125 cm³/mol. The average Bonchev–Trinajstić information content (AvgIpc) is 3.44. The molecular weight excluding hydrogens is 462 g/mol. The maximum absolute atomic E-state index is 13.2. The van der Waals surface area contributed by atoms with Crippen LogP contribution in [0.4, 0.5) is 5.82 Å². The van der Waals surface area contributed by atoms with Gasteiger partial charge in [-0.25, -0.2) is 13.2 Å². The van der Waals surface area contributed by atoms with Crippen LogP contribution in [0.2, 0.25) is 0 Å². The number of nitrogens with one attached hydrogen (secondary N) is 2. The number of H-pyrrole nitrogens is 1. The van der Waals surface area contributed by atoms with Gasteiger partial charge in [0.1, 0.15) is 18.1 Å². The van der Waals surface area contributed by atoms with E-state index in [1.165, 1.54) is 10.8 Å². The first-order valence-corrected chi connectivity index (χ1v) is 12.3. The summed E-state index contributed by atoms with van der Waals surface area (Å²) in [6, 6.07) is 11.3. The van der Waals surface area contributed by atoms with Crippen LogP contribution < -0.4 is 16.6 Å². The van der Waals surface area contributed by atoms with E-state index in [1.54, 1.807) is 49.4 Å². The summed E-state index contributed by atoms with van der Waals surface area (Å²) in [6.07, 6.45) is 1.45. The topological polar surface area (TPSA) is 149 Å². The second-order valence-corrected chi connectivity index (χ2v) is 10.0. The SMILES string of the molecule is Cc1cc(NC(=O)Cn2c(=O)n(CCCS(=O)(=O)Cc3ccco3)c(=O)c3ccccc32)n[nH]1. The van der Waals surface area contributed by atoms with Crippen LogP contribution in [0.25, 0.3) is 10.9 Å². The maximum atomic E-state index is 13.2. The molecule has 0 aliphatic heterocycles. The fraction of sp³-hybridized carbons (Fsp3) is 0.273. The minimum Gasteiger partial charge on any atom is -0.468 e. The minimum absolute atomic E-state index is 0.0509. The van der Waals surface area contributed by atoms with E-state index in [0.717, 1.165) is 10.3 Å². The highest BCUT2D eigenvalue weighted by Crippen LogP contribution is 2.11. The monoisotopic (exact) mass is 485 g/mol. The summed E-state index contributed by atoms with van der Waals surface area (Å²) in [4.78, 5) is 38.7. The number of amides is 1. The number of rotatable bonds is 9. The number of carbonyl (C=O) groups is 1. The molecule has 0 unspecified atom stereocenters. The van der Waals surface area contributed by atoms with Crippen LogP contribution in [0.3, 0.4) is 0 Å². The Morgan fingerprint density at radius 2 is 1.94 bits per heavy atom. The van der Waals surface area contributed by atoms with Crippen LogP contribution in [0.5, 0.6) is 0 Å². The fourth-order valence-electron chi connectivity index (χ4n) is 3.66.